The Hall–Kier alpha value is -2.19. The standard InChI is InChI=1S/C7H14N6O3/c1-12-3(10-5(8)14)4(11-6(9)15)13(2)7(12)16/h3-4H,1-2H3,(H3,8,10,14)(H3,9,11,15)/t3-,4-/m0/s1. The summed E-state index contributed by atoms with van der Waals surface area (Å²) >= 11 is 0. The predicted molar refractivity (Wildman–Crippen MR) is 53.9 cm³/mol. The van der Waals surface area contributed by atoms with Gasteiger partial charge in [-0.15, -0.1) is 0 Å². The van der Waals surface area contributed by atoms with Gasteiger partial charge in [-0.25, -0.2) is 14.4 Å². The fourth-order valence-corrected chi connectivity index (χ4v) is 1.55. The minimum Gasteiger partial charge on any atom is -0.352 e. The number of likely N-dealkylation sites (N-methyl/N-ethyl adjacent to an activating group) is 2. The fraction of sp³-hybridized carbons (Fsp3) is 0.571. The van der Waals surface area contributed by atoms with E-state index in [0.717, 1.165) is 0 Å². The van der Waals surface area contributed by atoms with Crippen LogP contribution >= 0.6 is 0 Å². The highest BCUT2D eigenvalue weighted by Crippen LogP contribution is 2.15. The maximum atomic E-state index is 11.6. The van der Waals surface area contributed by atoms with E-state index in [0.29, 0.717) is 0 Å². The van der Waals surface area contributed by atoms with Crippen LogP contribution in [0.25, 0.3) is 0 Å². The van der Waals surface area contributed by atoms with Crippen molar-refractivity contribution in [1.29, 1.82) is 0 Å². The van der Waals surface area contributed by atoms with Crippen molar-refractivity contribution in [2.24, 2.45) is 11.5 Å². The largest absolute Gasteiger partial charge is 0.352 e. The third kappa shape index (κ3) is 2.07. The van der Waals surface area contributed by atoms with Crippen LogP contribution < -0.4 is 22.1 Å². The SMILES string of the molecule is CN1C(=O)N(C)[C@H](NC(N)=O)[C@H]1NC(N)=O. The lowest BCUT2D eigenvalue weighted by Crippen LogP contribution is -2.58. The van der Waals surface area contributed by atoms with Crippen LogP contribution in [0.1, 0.15) is 0 Å². The van der Waals surface area contributed by atoms with E-state index in [1.807, 2.05) is 0 Å². The van der Waals surface area contributed by atoms with Crippen LogP contribution in [0, 0.1) is 0 Å². The van der Waals surface area contributed by atoms with Gasteiger partial charge in [-0.2, -0.15) is 0 Å². The van der Waals surface area contributed by atoms with E-state index in [9.17, 15) is 14.4 Å². The van der Waals surface area contributed by atoms with Gasteiger partial charge >= 0.3 is 18.1 Å². The van der Waals surface area contributed by atoms with Gasteiger partial charge < -0.3 is 31.9 Å². The molecule has 0 aromatic carbocycles. The summed E-state index contributed by atoms with van der Waals surface area (Å²) in [5.41, 5.74) is 9.94. The smallest absolute Gasteiger partial charge is 0.323 e. The molecule has 9 heteroatoms. The van der Waals surface area contributed by atoms with Gasteiger partial charge in [-0.05, 0) is 0 Å². The summed E-state index contributed by atoms with van der Waals surface area (Å²) < 4.78 is 0. The van der Waals surface area contributed by atoms with Crippen LogP contribution in [0.5, 0.6) is 0 Å². The lowest BCUT2D eigenvalue weighted by Gasteiger charge is -2.25. The van der Waals surface area contributed by atoms with Crippen molar-refractivity contribution in [2.75, 3.05) is 14.1 Å². The summed E-state index contributed by atoms with van der Waals surface area (Å²) in [5, 5.41) is 4.68. The summed E-state index contributed by atoms with van der Waals surface area (Å²) in [6, 6.07) is -1.95. The minimum absolute atomic E-state index is 0.363. The van der Waals surface area contributed by atoms with E-state index in [1.165, 1.54) is 23.9 Å². The van der Waals surface area contributed by atoms with Crippen molar-refractivity contribution < 1.29 is 14.4 Å². The maximum Gasteiger partial charge on any atom is 0.323 e. The minimum atomic E-state index is -0.795. The molecule has 0 aliphatic carbocycles. The average Bonchev–Trinajstić information content (AvgIpc) is 2.34. The van der Waals surface area contributed by atoms with Gasteiger partial charge in [0.15, 0.2) is 0 Å². The topological polar surface area (TPSA) is 134 Å². The zero-order chi connectivity index (χ0) is 12.5. The molecule has 1 rings (SSSR count). The second-order valence-corrected chi connectivity index (χ2v) is 3.41. The Morgan fingerprint density at radius 2 is 1.38 bits per heavy atom. The fourth-order valence-electron chi connectivity index (χ4n) is 1.55. The lowest BCUT2D eigenvalue weighted by atomic mass is 10.3. The average molecular weight is 230 g/mol. The molecule has 0 bridgehead atoms. The Bertz CT molecular complexity index is 302. The maximum absolute atomic E-state index is 11.6. The molecule has 16 heavy (non-hydrogen) atoms. The van der Waals surface area contributed by atoms with Crippen molar-refractivity contribution in [3.63, 3.8) is 0 Å². The molecule has 0 radical (unpaired) electrons. The summed E-state index contributed by atoms with van der Waals surface area (Å²) in [5.74, 6) is 0. The number of carbonyl (C=O) groups is 3. The van der Waals surface area contributed by atoms with Crippen molar-refractivity contribution in [3.05, 3.63) is 0 Å². The Morgan fingerprint density at radius 3 is 1.62 bits per heavy atom. The monoisotopic (exact) mass is 230 g/mol. The Balaban J connectivity index is 2.87. The highest BCUT2D eigenvalue weighted by molar-refractivity contribution is 5.81. The third-order valence-electron chi connectivity index (χ3n) is 2.32. The Kier molecular flexibility index (Phi) is 3.06. The molecule has 1 aliphatic rings. The van der Waals surface area contributed by atoms with E-state index in [4.69, 9.17) is 11.5 Å². The summed E-state index contributed by atoms with van der Waals surface area (Å²) in [7, 11) is 2.95. The van der Waals surface area contributed by atoms with Crippen molar-refractivity contribution >= 4 is 18.1 Å². The molecule has 1 saturated heterocycles. The first-order valence-electron chi connectivity index (χ1n) is 4.46. The molecule has 9 nitrogen and oxygen atoms in total. The van der Waals surface area contributed by atoms with Gasteiger partial charge in [0.25, 0.3) is 0 Å². The van der Waals surface area contributed by atoms with Crippen LogP contribution in [-0.4, -0.2) is 54.3 Å². The van der Waals surface area contributed by atoms with Crippen LogP contribution in [0.15, 0.2) is 0 Å². The van der Waals surface area contributed by atoms with Crippen LogP contribution in [0.4, 0.5) is 14.4 Å². The van der Waals surface area contributed by atoms with Gasteiger partial charge in [0, 0.05) is 14.1 Å². The number of carbonyl (C=O) groups excluding carboxylic acids is 3. The molecule has 0 aromatic heterocycles. The number of rotatable bonds is 2. The summed E-state index contributed by atoms with van der Waals surface area (Å²) in [4.78, 5) is 35.6. The van der Waals surface area contributed by atoms with Gasteiger partial charge in [0.05, 0.1) is 0 Å². The first kappa shape index (κ1) is 11.9. The number of nitrogens with zero attached hydrogens (tertiary/aromatic N) is 2. The van der Waals surface area contributed by atoms with E-state index in [2.05, 4.69) is 10.6 Å². The van der Waals surface area contributed by atoms with E-state index < -0.39 is 24.4 Å². The highest BCUT2D eigenvalue weighted by Gasteiger charge is 2.43. The Morgan fingerprint density at radius 1 is 1.06 bits per heavy atom. The van der Waals surface area contributed by atoms with Crippen molar-refractivity contribution in [2.45, 2.75) is 12.3 Å². The van der Waals surface area contributed by atoms with Crippen LogP contribution in [-0.2, 0) is 0 Å². The molecule has 6 amide bonds. The molecule has 1 aliphatic heterocycles. The molecular formula is C7H14N6O3. The molecule has 2 atom stereocenters. The van der Waals surface area contributed by atoms with Gasteiger partial charge in [0.1, 0.15) is 12.3 Å². The highest BCUT2D eigenvalue weighted by atomic mass is 16.2. The molecule has 1 heterocycles. The number of nitrogens with two attached hydrogens (primary N) is 2. The van der Waals surface area contributed by atoms with Crippen LogP contribution in [0.3, 0.4) is 0 Å². The molecule has 6 N–H and O–H groups in total. The zero-order valence-corrected chi connectivity index (χ0v) is 8.93. The molecular weight excluding hydrogens is 216 g/mol. The van der Waals surface area contributed by atoms with E-state index in [-0.39, 0.29) is 6.03 Å². The number of urea groups is 3. The second-order valence-electron chi connectivity index (χ2n) is 3.41. The Labute approximate surface area is 91.7 Å². The quantitative estimate of drug-likeness (QED) is 0.436. The lowest BCUT2D eigenvalue weighted by molar-refractivity contribution is 0.197. The molecule has 0 spiro atoms. The number of primary amides is 2. The summed E-state index contributed by atoms with van der Waals surface area (Å²) in [6.45, 7) is 0. The van der Waals surface area contributed by atoms with Crippen molar-refractivity contribution in [3.8, 4) is 0 Å². The number of hydrogen-bond donors (Lipinski definition) is 4. The molecule has 0 aromatic rings. The normalized spacial score (nSPS) is 24.5. The molecule has 1 fully saturated rings. The number of hydrogen-bond acceptors (Lipinski definition) is 3. The third-order valence-corrected chi connectivity index (χ3v) is 2.32. The van der Waals surface area contributed by atoms with Gasteiger partial charge in [0.2, 0.25) is 0 Å². The van der Waals surface area contributed by atoms with E-state index in [1.54, 1.807) is 0 Å². The number of amides is 6. The first-order chi connectivity index (χ1) is 7.34. The molecule has 0 unspecified atom stereocenters. The van der Waals surface area contributed by atoms with Crippen molar-refractivity contribution in [1.82, 2.24) is 20.4 Å². The van der Waals surface area contributed by atoms with E-state index >= 15 is 0 Å². The summed E-state index contributed by atoms with van der Waals surface area (Å²) in [6.07, 6.45) is -1.50. The molecule has 90 valence electrons. The predicted octanol–water partition coefficient (Wildman–Crippen LogP) is -2.03. The number of nitrogens with one attached hydrogen (secondary N) is 2. The zero-order valence-electron chi connectivity index (χ0n) is 8.93. The molecule has 0 saturated carbocycles. The van der Waals surface area contributed by atoms with Gasteiger partial charge in [-0.1, -0.05) is 0 Å². The second kappa shape index (κ2) is 4.13. The van der Waals surface area contributed by atoms with Crippen LogP contribution in [0.2, 0.25) is 0 Å². The van der Waals surface area contributed by atoms with Gasteiger partial charge in [-0.3, -0.25) is 0 Å². The first-order valence-corrected chi connectivity index (χ1v) is 4.46.